The van der Waals surface area contributed by atoms with Crippen LogP contribution in [0.1, 0.15) is 36.2 Å². The van der Waals surface area contributed by atoms with Crippen molar-refractivity contribution >= 4 is 23.5 Å². The molecule has 1 aliphatic carbocycles. The Hall–Kier alpha value is -1.62. The average Bonchev–Trinajstić information content (AvgIpc) is 2.79. The summed E-state index contributed by atoms with van der Waals surface area (Å²) < 4.78 is 0. The molecule has 0 bridgehead atoms. The number of halogens is 1. The quantitative estimate of drug-likeness (QED) is 0.820. The van der Waals surface area contributed by atoms with Crippen molar-refractivity contribution in [3.05, 3.63) is 29.0 Å². The summed E-state index contributed by atoms with van der Waals surface area (Å²) in [5, 5.41) is 12.0. The molecule has 0 atom stereocenters. The fourth-order valence-corrected chi connectivity index (χ4v) is 2.35. The van der Waals surface area contributed by atoms with E-state index in [4.69, 9.17) is 11.6 Å². The van der Waals surface area contributed by atoms with Gasteiger partial charge in [-0.3, -0.25) is 4.79 Å². The van der Waals surface area contributed by atoms with E-state index in [-0.39, 0.29) is 10.8 Å². The zero-order valence-electron chi connectivity index (χ0n) is 9.65. The molecular formula is C12H13ClN2O3. The van der Waals surface area contributed by atoms with Crippen LogP contribution in [0.25, 0.3) is 0 Å². The van der Waals surface area contributed by atoms with Crippen LogP contribution >= 0.6 is 11.6 Å². The van der Waals surface area contributed by atoms with Crippen molar-refractivity contribution in [2.24, 2.45) is 0 Å². The number of carbonyl (C=O) groups is 2. The minimum absolute atomic E-state index is 0.134. The molecule has 1 aromatic heterocycles. The normalized spacial score (nSPS) is 17.4. The van der Waals surface area contributed by atoms with Crippen LogP contribution in [-0.2, 0) is 4.79 Å². The Kier molecular flexibility index (Phi) is 3.52. The van der Waals surface area contributed by atoms with Gasteiger partial charge in [-0.2, -0.15) is 0 Å². The maximum atomic E-state index is 12.0. The smallest absolute Gasteiger partial charge is 0.329 e. The summed E-state index contributed by atoms with van der Waals surface area (Å²) in [4.78, 5) is 27.1. The summed E-state index contributed by atoms with van der Waals surface area (Å²) in [6, 6.07) is 4.67. The van der Waals surface area contributed by atoms with Crippen LogP contribution in [0.3, 0.4) is 0 Å². The lowest BCUT2D eigenvalue weighted by Crippen LogP contribution is -2.52. The summed E-state index contributed by atoms with van der Waals surface area (Å²) in [7, 11) is 0. The molecule has 1 fully saturated rings. The van der Waals surface area contributed by atoms with Crippen molar-refractivity contribution in [1.82, 2.24) is 10.3 Å². The number of aromatic nitrogens is 1. The summed E-state index contributed by atoms with van der Waals surface area (Å²) in [5.41, 5.74) is -1.02. The van der Waals surface area contributed by atoms with Crippen LogP contribution in [0.4, 0.5) is 0 Å². The third-order valence-electron chi connectivity index (χ3n) is 3.17. The average molecular weight is 269 g/mol. The van der Waals surface area contributed by atoms with Crippen molar-refractivity contribution in [1.29, 1.82) is 0 Å². The molecule has 18 heavy (non-hydrogen) atoms. The topological polar surface area (TPSA) is 79.3 Å². The first kappa shape index (κ1) is 12.8. The Morgan fingerprint density at radius 2 is 2.00 bits per heavy atom. The molecule has 96 valence electrons. The number of hydrogen-bond donors (Lipinski definition) is 2. The number of pyridine rings is 1. The van der Waals surface area contributed by atoms with Gasteiger partial charge in [-0.1, -0.05) is 30.5 Å². The zero-order valence-corrected chi connectivity index (χ0v) is 10.4. The Bertz CT molecular complexity index is 484. The van der Waals surface area contributed by atoms with Crippen molar-refractivity contribution in [3.8, 4) is 0 Å². The highest BCUT2D eigenvalue weighted by molar-refractivity contribution is 6.29. The molecule has 2 rings (SSSR count). The van der Waals surface area contributed by atoms with Gasteiger partial charge in [0, 0.05) is 0 Å². The van der Waals surface area contributed by atoms with Crippen LogP contribution in [0.5, 0.6) is 0 Å². The number of carboxylic acids is 1. The van der Waals surface area contributed by atoms with E-state index >= 15 is 0 Å². The van der Waals surface area contributed by atoms with Gasteiger partial charge in [0.15, 0.2) is 0 Å². The molecule has 0 aliphatic heterocycles. The van der Waals surface area contributed by atoms with Gasteiger partial charge in [-0.15, -0.1) is 0 Å². The molecule has 0 aromatic carbocycles. The number of nitrogens with one attached hydrogen (secondary N) is 1. The van der Waals surface area contributed by atoms with Gasteiger partial charge in [0.1, 0.15) is 16.4 Å². The van der Waals surface area contributed by atoms with Crippen molar-refractivity contribution in [2.45, 2.75) is 31.2 Å². The number of nitrogens with zero attached hydrogens (tertiary/aromatic N) is 1. The second-order valence-corrected chi connectivity index (χ2v) is 4.78. The maximum Gasteiger partial charge on any atom is 0.329 e. The lowest BCUT2D eigenvalue weighted by atomic mass is 9.97. The Morgan fingerprint density at radius 1 is 1.33 bits per heavy atom. The second kappa shape index (κ2) is 4.94. The van der Waals surface area contributed by atoms with Crippen molar-refractivity contribution in [3.63, 3.8) is 0 Å². The predicted molar refractivity (Wildman–Crippen MR) is 65.5 cm³/mol. The second-order valence-electron chi connectivity index (χ2n) is 4.39. The summed E-state index contributed by atoms with van der Waals surface area (Å²) in [6.45, 7) is 0. The number of hydrogen-bond acceptors (Lipinski definition) is 3. The molecule has 5 nitrogen and oxygen atoms in total. The van der Waals surface area contributed by atoms with E-state index in [0.29, 0.717) is 12.8 Å². The molecule has 0 spiro atoms. The largest absolute Gasteiger partial charge is 0.480 e. The van der Waals surface area contributed by atoms with Crippen molar-refractivity contribution in [2.75, 3.05) is 0 Å². The first-order valence-electron chi connectivity index (χ1n) is 5.72. The zero-order chi connectivity index (χ0) is 13.2. The molecule has 0 saturated heterocycles. The summed E-state index contributed by atoms with van der Waals surface area (Å²) in [5.74, 6) is -1.49. The number of amides is 1. The van der Waals surface area contributed by atoms with E-state index in [0.717, 1.165) is 12.8 Å². The van der Waals surface area contributed by atoms with Crippen LogP contribution in [0, 0.1) is 0 Å². The van der Waals surface area contributed by atoms with E-state index in [1.165, 1.54) is 6.07 Å². The molecule has 2 N–H and O–H groups in total. The number of rotatable bonds is 3. The SMILES string of the molecule is O=C(NC1(C(=O)O)CCCC1)c1cccc(Cl)n1. The predicted octanol–water partition coefficient (Wildman–Crippen LogP) is 1.86. The Labute approximate surface area is 109 Å². The van der Waals surface area contributed by atoms with Gasteiger partial charge < -0.3 is 10.4 Å². The molecule has 1 saturated carbocycles. The van der Waals surface area contributed by atoms with Crippen molar-refractivity contribution < 1.29 is 14.7 Å². The van der Waals surface area contributed by atoms with Gasteiger partial charge in [-0.05, 0) is 25.0 Å². The van der Waals surface area contributed by atoms with E-state index < -0.39 is 17.4 Å². The Balaban J connectivity index is 2.18. The van der Waals surface area contributed by atoms with Gasteiger partial charge >= 0.3 is 5.97 Å². The number of carbonyl (C=O) groups excluding carboxylic acids is 1. The summed E-state index contributed by atoms with van der Waals surface area (Å²) >= 11 is 5.70. The molecule has 1 heterocycles. The van der Waals surface area contributed by atoms with Crippen LogP contribution in [0.2, 0.25) is 5.15 Å². The fraction of sp³-hybridized carbons (Fsp3) is 0.417. The molecule has 1 amide bonds. The monoisotopic (exact) mass is 268 g/mol. The third-order valence-corrected chi connectivity index (χ3v) is 3.38. The standard InChI is InChI=1S/C12H13ClN2O3/c13-9-5-3-4-8(14-9)10(16)15-12(11(17)18)6-1-2-7-12/h3-5H,1-2,6-7H2,(H,15,16)(H,17,18). The number of aliphatic carboxylic acids is 1. The van der Waals surface area contributed by atoms with Crippen LogP contribution < -0.4 is 5.32 Å². The lowest BCUT2D eigenvalue weighted by molar-refractivity contribution is -0.144. The van der Waals surface area contributed by atoms with Gasteiger partial charge in [-0.25, -0.2) is 9.78 Å². The molecule has 0 radical (unpaired) electrons. The highest BCUT2D eigenvalue weighted by Crippen LogP contribution is 2.30. The van der Waals surface area contributed by atoms with E-state index in [2.05, 4.69) is 10.3 Å². The first-order valence-corrected chi connectivity index (χ1v) is 6.10. The first-order chi connectivity index (χ1) is 8.53. The highest BCUT2D eigenvalue weighted by atomic mass is 35.5. The van der Waals surface area contributed by atoms with Crippen LogP contribution in [0.15, 0.2) is 18.2 Å². The summed E-state index contributed by atoms with van der Waals surface area (Å²) in [6.07, 6.45) is 2.51. The van der Waals surface area contributed by atoms with Gasteiger partial charge in [0.05, 0.1) is 0 Å². The fourth-order valence-electron chi connectivity index (χ4n) is 2.19. The van der Waals surface area contributed by atoms with E-state index in [9.17, 15) is 14.7 Å². The number of carboxylic acid groups (broad SMARTS) is 1. The Morgan fingerprint density at radius 3 is 2.56 bits per heavy atom. The van der Waals surface area contributed by atoms with E-state index in [1.807, 2.05) is 0 Å². The maximum absolute atomic E-state index is 12.0. The highest BCUT2D eigenvalue weighted by Gasteiger charge is 2.42. The minimum atomic E-state index is -1.15. The lowest BCUT2D eigenvalue weighted by Gasteiger charge is -2.25. The van der Waals surface area contributed by atoms with Gasteiger partial charge in [0.25, 0.3) is 5.91 Å². The molecule has 1 aliphatic rings. The minimum Gasteiger partial charge on any atom is -0.480 e. The van der Waals surface area contributed by atoms with Gasteiger partial charge in [0.2, 0.25) is 0 Å². The molecule has 1 aromatic rings. The van der Waals surface area contributed by atoms with Crippen LogP contribution in [-0.4, -0.2) is 27.5 Å². The molecule has 6 heteroatoms. The molecule has 0 unspecified atom stereocenters. The third kappa shape index (κ3) is 2.46. The molecular weight excluding hydrogens is 256 g/mol. The van der Waals surface area contributed by atoms with E-state index in [1.54, 1.807) is 12.1 Å².